The molecule has 6 heteroatoms. The first-order valence-electron chi connectivity index (χ1n) is 9.06. The van der Waals surface area contributed by atoms with Gasteiger partial charge in [-0.2, -0.15) is 13.2 Å². The third-order valence-electron chi connectivity index (χ3n) is 4.45. The van der Waals surface area contributed by atoms with Gasteiger partial charge in [0.2, 0.25) is 0 Å². The molecule has 148 valence electrons. The predicted octanol–water partition coefficient (Wildman–Crippen LogP) is 6.70. The van der Waals surface area contributed by atoms with E-state index in [9.17, 15) is 13.2 Å². The van der Waals surface area contributed by atoms with Crippen LogP contribution in [0.3, 0.4) is 0 Å². The molecule has 2 aromatic carbocycles. The van der Waals surface area contributed by atoms with Gasteiger partial charge in [-0.1, -0.05) is 39.3 Å². The molecule has 2 nitrogen and oxygen atoms in total. The summed E-state index contributed by atoms with van der Waals surface area (Å²) in [5.74, 6) is 0. The Kier molecular flexibility index (Phi) is 7.09. The fourth-order valence-corrected chi connectivity index (χ4v) is 3.50. The van der Waals surface area contributed by atoms with Gasteiger partial charge in [0, 0.05) is 17.1 Å². The van der Waals surface area contributed by atoms with E-state index in [4.69, 9.17) is 0 Å². The molecule has 0 heterocycles. The van der Waals surface area contributed by atoms with Crippen LogP contribution in [0.15, 0.2) is 53.4 Å². The van der Waals surface area contributed by atoms with E-state index >= 15 is 0 Å². The molecule has 0 amide bonds. The molecule has 0 bridgehead atoms. The lowest BCUT2D eigenvalue weighted by Crippen LogP contribution is -2.38. The molecule has 27 heavy (non-hydrogen) atoms. The van der Waals surface area contributed by atoms with Gasteiger partial charge in [0.25, 0.3) is 0 Å². The molecule has 2 rings (SSSR count). The molecule has 0 spiro atoms. The number of hydrogen-bond donors (Lipinski definition) is 2. The van der Waals surface area contributed by atoms with Gasteiger partial charge < -0.3 is 10.2 Å². The molecule has 0 aliphatic carbocycles. The highest BCUT2D eigenvalue weighted by molar-refractivity contribution is 7.80. The lowest BCUT2D eigenvalue weighted by Gasteiger charge is -2.35. The molecule has 0 radical (unpaired) electrons. The monoisotopic (exact) mass is 396 g/mol. The highest BCUT2D eigenvalue weighted by Gasteiger charge is 2.30. The normalized spacial score (nSPS) is 12.1. The van der Waals surface area contributed by atoms with Crippen LogP contribution in [-0.2, 0) is 6.18 Å². The van der Waals surface area contributed by atoms with Crippen LogP contribution in [0, 0.1) is 5.41 Å². The minimum atomic E-state index is -4.32. The molecule has 0 saturated heterocycles. The van der Waals surface area contributed by atoms with Crippen molar-refractivity contribution in [2.24, 2.45) is 5.41 Å². The maximum absolute atomic E-state index is 12.7. The highest BCUT2D eigenvalue weighted by atomic mass is 32.1. The largest absolute Gasteiger partial charge is 0.416 e. The summed E-state index contributed by atoms with van der Waals surface area (Å²) in [6, 6.07) is 13.0. The van der Waals surface area contributed by atoms with E-state index in [2.05, 4.69) is 43.6 Å². The Morgan fingerprint density at radius 1 is 1.00 bits per heavy atom. The van der Waals surface area contributed by atoms with E-state index in [1.54, 1.807) is 0 Å². The molecule has 0 unspecified atom stereocenters. The summed E-state index contributed by atoms with van der Waals surface area (Å²) in [5, 5.41) is 3.24. The fraction of sp³-hybridized carbons (Fsp3) is 0.429. The Morgan fingerprint density at radius 2 is 1.63 bits per heavy atom. The molecule has 0 saturated carbocycles. The zero-order valence-electron chi connectivity index (χ0n) is 16.0. The second-order valence-corrected chi connectivity index (χ2v) is 7.99. The van der Waals surface area contributed by atoms with E-state index < -0.39 is 11.7 Å². The predicted molar refractivity (Wildman–Crippen MR) is 110 cm³/mol. The average molecular weight is 397 g/mol. The van der Waals surface area contributed by atoms with Crippen molar-refractivity contribution in [1.82, 2.24) is 0 Å². The van der Waals surface area contributed by atoms with Crippen molar-refractivity contribution in [2.75, 3.05) is 23.4 Å². The minimum Gasteiger partial charge on any atom is -0.368 e. The van der Waals surface area contributed by atoms with Gasteiger partial charge in [-0.05, 0) is 48.2 Å². The molecular formula is C21H27F3N2S. The van der Waals surface area contributed by atoms with Crippen molar-refractivity contribution < 1.29 is 13.2 Å². The lowest BCUT2D eigenvalue weighted by molar-refractivity contribution is -0.137. The first-order chi connectivity index (χ1) is 12.6. The molecule has 1 N–H and O–H groups in total. The van der Waals surface area contributed by atoms with Gasteiger partial charge in [0.15, 0.2) is 0 Å². The second-order valence-electron chi connectivity index (χ2n) is 7.51. The number of anilines is 2. The number of nitrogens with one attached hydrogen (secondary N) is 1. The zero-order valence-corrected chi connectivity index (χ0v) is 16.9. The van der Waals surface area contributed by atoms with Crippen LogP contribution in [0.2, 0.25) is 0 Å². The second kappa shape index (κ2) is 8.91. The number of halogens is 3. The van der Waals surface area contributed by atoms with Gasteiger partial charge in [0.05, 0.1) is 17.9 Å². The van der Waals surface area contributed by atoms with E-state index in [1.165, 1.54) is 12.1 Å². The van der Waals surface area contributed by atoms with Crippen molar-refractivity contribution in [2.45, 2.75) is 44.7 Å². The van der Waals surface area contributed by atoms with Crippen LogP contribution in [0.25, 0.3) is 0 Å². The van der Waals surface area contributed by atoms with Crippen molar-refractivity contribution in [3.8, 4) is 0 Å². The molecule has 0 aliphatic rings. The summed E-state index contributed by atoms with van der Waals surface area (Å²) in [6.45, 7) is 7.91. The van der Waals surface area contributed by atoms with E-state index in [0.29, 0.717) is 12.4 Å². The van der Waals surface area contributed by atoms with Gasteiger partial charge in [-0.3, -0.25) is 0 Å². The first kappa shape index (κ1) is 21.5. The number of para-hydroxylation sites is 1. The smallest absolute Gasteiger partial charge is 0.368 e. The zero-order chi connectivity index (χ0) is 20.1. The van der Waals surface area contributed by atoms with Gasteiger partial charge in [-0.25, -0.2) is 0 Å². The molecule has 2 aromatic rings. The molecule has 0 aromatic heterocycles. The minimum absolute atomic E-state index is 0.104. The molecule has 0 aliphatic heterocycles. The van der Waals surface area contributed by atoms with E-state index in [1.807, 2.05) is 24.3 Å². The van der Waals surface area contributed by atoms with E-state index in [0.717, 1.165) is 42.1 Å². The summed E-state index contributed by atoms with van der Waals surface area (Å²) < 4.78 is 38.2. The summed E-state index contributed by atoms with van der Waals surface area (Å²) in [6.07, 6.45) is -2.14. The molecular weight excluding hydrogens is 369 g/mol. The maximum atomic E-state index is 12.7. The van der Waals surface area contributed by atoms with Crippen LogP contribution in [0.4, 0.5) is 24.5 Å². The van der Waals surface area contributed by atoms with Gasteiger partial charge in [-0.15, -0.1) is 12.6 Å². The number of rotatable bonds is 8. The number of hydrogen-bond acceptors (Lipinski definition) is 3. The molecule has 0 atom stereocenters. The van der Waals surface area contributed by atoms with Crippen LogP contribution < -0.4 is 10.2 Å². The SMILES string of the molecule is CCCC(C)(C)CN(CNc1ccc(C(F)(F)F)cc1)c1ccccc1S. The van der Waals surface area contributed by atoms with Crippen molar-refractivity contribution >= 4 is 24.0 Å². The Labute approximate surface area is 165 Å². The average Bonchev–Trinajstić information content (AvgIpc) is 2.58. The summed E-state index contributed by atoms with van der Waals surface area (Å²) in [5.41, 5.74) is 1.11. The van der Waals surface area contributed by atoms with Gasteiger partial charge in [0.1, 0.15) is 0 Å². The number of alkyl halides is 3. The van der Waals surface area contributed by atoms with Crippen LogP contribution in [0.5, 0.6) is 0 Å². The quantitative estimate of drug-likeness (QED) is 0.381. The molecule has 0 fully saturated rings. The summed E-state index contributed by atoms with van der Waals surface area (Å²) in [4.78, 5) is 3.06. The van der Waals surface area contributed by atoms with Crippen molar-refractivity contribution in [3.63, 3.8) is 0 Å². The standard InChI is InChI=1S/C21H27F3N2S/c1-4-13-20(2,3)14-26(18-7-5-6-8-19(18)27)15-25-17-11-9-16(10-12-17)21(22,23)24/h5-12,25,27H,4,13-15H2,1-3H3. The Bertz CT molecular complexity index is 727. The van der Waals surface area contributed by atoms with Crippen LogP contribution in [0.1, 0.15) is 39.2 Å². The first-order valence-corrected chi connectivity index (χ1v) is 9.51. The summed E-state index contributed by atoms with van der Waals surface area (Å²) >= 11 is 4.57. The topological polar surface area (TPSA) is 15.3 Å². The van der Waals surface area contributed by atoms with Crippen LogP contribution in [-0.4, -0.2) is 13.2 Å². The number of thiol groups is 1. The van der Waals surface area contributed by atoms with Crippen molar-refractivity contribution in [3.05, 3.63) is 54.1 Å². The maximum Gasteiger partial charge on any atom is 0.416 e. The van der Waals surface area contributed by atoms with Gasteiger partial charge >= 0.3 is 6.18 Å². The number of nitrogens with zero attached hydrogens (tertiary/aromatic N) is 1. The van der Waals surface area contributed by atoms with E-state index in [-0.39, 0.29) is 5.41 Å². The highest BCUT2D eigenvalue weighted by Crippen LogP contribution is 2.31. The Morgan fingerprint density at radius 3 is 2.19 bits per heavy atom. The Hall–Kier alpha value is -1.82. The van der Waals surface area contributed by atoms with Crippen LogP contribution >= 0.6 is 12.6 Å². The number of benzene rings is 2. The Balaban J connectivity index is 2.16. The summed E-state index contributed by atoms with van der Waals surface area (Å²) in [7, 11) is 0. The van der Waals surface area contributed by atoms with Crippen molar-refractivity contribution in [1.29, 1.82) is 0 Å². The third-order valence-corrected chi connectivity index (χ3v) is 4.83. The fourth-order valence-electron chi connectivity index (χ4n) is 3.19. The third kappa shape index (κ3) is 6.38. The lowest BCUT2D eigenvalue weighted by atomic mass is 9.87.